The topological polar surface area (TPSA) is 50.2 Å². The van der Waals surface area contributed by atoms with E-state index in [1.54, 1.807) is 10.9 Å². The number of carbonyl (C=O) groups excluding carboxylic acids is 1. The van der Waals surface area contributed by atoms with Crippen LogP contribution in [0.1, 0.15) is 30.1 Å². The smallest absolute Gasteiger partial charge is 0.254 e. The molecule has 1 N–H and O–H groups in total. The lowest BCUT2D eigenvalue weighted by molar-refractivity contribution is 0.0692. The zero-order chi connectivity index (χ0) is 15.4. The van der Waals surface area contributed by atoms with Gasteiger partial charge in [0.15, 0.2) is 0 Å². The van der Waals surface area contributed by atoms with Crippen LogP contribution in [0.25, 0.3) is 5.69 Å². The molecule has 3 rings (SSSR count). The van der Waals surface area contributed by atoms with Crippen LogP contribution in [0, 0.1) is 0 Å². The molecule has 124 valence electrons. The maximum atomic E-state index is 12.8. The Morgan fingerprint density at radius 3 is 2.74 bits per heavy atom. The molecule has 0 bridgehead atoms. The zero-order valence-electron chi connectivity index (χ0n) is 13.3. The van der Waals surface area contributed by atoms with Crippen molar-refractivity contribution in [3.05, 3.63) is 48.3 Å². The number of amides is 1. The van der Waals surface area contributed by atoms with Gasteiger partial charge in [-0.25, -0.2) is 4.68 Å². The first-order valence-electron chi connectivity index (χ1n) is 7.91. The van der Waals surface area contributed by atoms with Crippen LogP contribution in [0.4, 0.5) is 0 Å². The fourth-order valence-electron chi connectivity index (χ4n) is 2.94. The SMILES string of the molecule is CCCN(C(=O)c1ccc(-n2cccn2)cc1)C1CCNC1.Cl. The monoisotopic (exact) mass is 334 g/mol. The fraction of sp³-hybridized carbons (Fsp3) is 0.412. The Morgan fingerprint density at radius 1 is 1.39 bits per heavy atom. The Hall–Kier alpha value is -1.85. The quantitative estimate of drug-likeness (QED) is 0.914. The van der Waals surface area contributed by atoms with Gasteiger partial charge >= 0.3 is 0 Å². The van der Waals surface area contributed by atoms with E-state index in [0.29, 0.717) is 6.04 Å². The highest BCUT2D eigenvalue weighted by Crippen LogP contribution is 2.16. The maximum absolute atomic E-state index is 12.8. The van der Waals surface area contributed by atoms with Crippen molar-refractivity contribution in [2.75, 3.05) is 19.6 Å². The van der Waals surface area contributed by atoms with Gasteiger partial charge in [0, 0.05) is 37.1 Å². The number of halogens is 1. The number of hydrogen-bond donors (Lipinski definition) is 1. The summed E-state index contributed by atoms with van der Waals surface area (Å²) < 4.78 is 1.79. The van der Waals surface area contributed by atoms with Crippen molar-refractivity contribution in [3.63, 3.8) is 0 Å². The molecule has 1 saturated heterocycles. The van der Waals surface area contributed by atoms with Gasteiger partial charge in [-0.15, -0.1) is 12.4 Å². The lowest BCUT2D eigenvalue weighted by atomic mass is 10.1. The van der Waals surface area contributed by atoms with Crippen molar-refractivity contribution < 1.29 is 4.79 Å². The molecular weight excluding hydrogens is 312 g/mol. The van der Waals surface area contributed by atoms with E-state index in [9.17, 15) is 4.79 Å². The number of benzene rings is 1. The van der Waals surface area contributed by atoms with E-state index >= 15 is 0 Å². The summed E-state index contributed by atoms with van der Waals surface area (Å²) in [6.07, 6.45) is 5.66. The van der Waals surface area contributed by atoms with Crippen LogP contribution in [0.3, 0.4) is 0 Å². The number of rotatable bonds is 5. The summed E-state index contributed by atoms with van der Waals surface area (Å²) in [6.45, 7) is 4.82. The molecule has 0 saturated carbocycles. The number of hydrogen-bond acceptors (Lipinski definition) is 3. The first kappa shape index (κ1) is 17.5. The standard InChI is InChI=1S/C17H22N4O.ClH/c1-2-11-20(16-8-10-18-13-16)17(22)14-4-6-15(7-5-14)21-12-3-9-19-21;/h3-7,9,12,16,18H,2,8,10-11,13H2,1H3;1H. The van der Waals surface area contributed by atoms with E-state index < -0.39 is 0 Å². The van der Waals surface area contributed by atoms with Gasteiger partial charge in [0.2, 0.25) is 0 Å². The number of nitrogens with one attached hydrogen (secondary N) is 1. The van der Waals surface area contributed by atoms with Crippen LogP contribution in [-0.4, -0.2) is 46.3 Å². The van der Waals surface area contributed by atoms with E-state index in [4.69, 9.17) is 0 Å². The molecule has 5 nitrogen and oxygen atoms in total. The van der Waals surface area contributed by atoms with Gasteiger partial charge < -0.3 is 10.2 Å². The molecule has 0 aliphatic carbocycles. The summed E-state index contributed by atoms with van der Waals surface area (Å²) >= 11 is 0. The predicted octanol–water partition coefficient (Wildman–Crippen LogP) is 2.51. The Labute approximate surface area is 143 Å². The van der Waals surface area contributed by atoms with E-state index in [1.165, 1.54) is 0 Å². The second-order valence-corrected chi connectivity index (χ2v) is 5.64. The first-order chi connectivity index (χ1) is 10.8. The average molecular weight is 335 g/mol. The highest BCUT2D eigenvalue weighted by atomic mass is 35.5. The van der Waals surface area contributed by atoms with Crippen LogP contribution >= 0.6 is 12.4 Å². The van der Waals surface area contributed by atoms with Crippen LogP contribution in [0.5, 0.6) is 0 Å². The molecule has 2 aromatic rings. The van der Waals surface area contributed by atoms with Gasteiger partial charge in [-0.1, -0.05) is 6.92 Å². The van der Waals surface area contributed by atoms with Crippen molar-refractivity contribution in [2.45, 2.75) is 25.8 Å². The Morgan fingerprint density at radius 2 is 2.17 bits per heavy atom. The molecule has 1 aromatic carbocycles. The van der Waals surface area contributed by atoms with Gasteiger partial charge in [0.05, 0.1) is 5.69 Å². The molecular formula is C17H23ClN4O. The van der Waals surface area contributed by atoms with E-state index in [-0.39, 0.29) is 18.3 Å². The summed E-state index contributed by atoms with van der Waals surface area (Å²) in [5, 5.41) is 7.54. The summed E-state index contributed by atoms with van der Waals surface area (Å²) in [5.41, 5.74) is 1.71. The van der Waals surface area contributed by atoms with Crippen molar-refractivity contribution in [2.24, 2.45) is 0 Å². The third-order valence-corrected chi connectivity index (χ3v) is 4.08. The van der Waals surface area contributed by atoms with Crippen LogP contribution in [0.15, 0.2) is 42.7 Å². The van der Waals surface area contributed by atoms with Crippen LogP contribution in [0.2, 0.25) is 0 Å². The Kier molecular flexibility index (Phi) is 6.19. The minimum atomic E-state index is 0. The van der Waals surface area contributed by atoms with Crippen molar-refractivity contribution in [3.8, 4) is 5.69 Å². The van der Waals surface area contributed by atoms with Gasteiger partial charge in [-0.3, -0.25) is 4.79 Å². The minimum Gasteiger partial charge on any atom is -0.334 e. The molecule has 6 heteroatoms. The summed E-state index contributed by atoms with van der Waals surface area (Å²) in [5.74, 6) is 0.127. The molecule has 1 amide bonds. The van der Waals surface area contributed by atoms with E-state index in [2.05, 4.69) is 17.3 Å². The van der Waals surface area contributed by atoms with Gasteiger partial charge in [-0.05, 0) is 49.7 Å². The first-order valence-corrected chi connectivity index (χ1v) is 7.91. The second-order valence-electron chi connectivity index (χ2n) is 5.64. The van der Waals surface area contributed by atoms with Crippen LogP contribution < -0.4 is 5.32 Å². The predicted molar refractivity (Wildman–Crippen MR) is 93.4 cm³/mol. The van der Waals surface area contributed by atoms with Crippen molar-refractivity contribution >= 4 is 18.3 Å². The lowest BCUT2D eigenvalue weighted by Crippen LogP contribution is -2.42. The molecule has 1 unspecified atom stereocenters. The molecule has 1 fully saturated rings. The maximum Gasteiger partial charge on any atom is 0.254 e. The summed E-state index contributed by atoms with van der Waals surface area (Å²) in [7, 11) is 0. The average Bonchev–Trinajstić information content (AvgIpc) is 3.25. The fourth-order valence-corrected chi connectivity index (χ4v) is 2.94. The van der Waals surface area contributed by atoms with E-state index in [0.717, 1.165) is 43.7 Å². The molecule has 2 heterocycles. The van der Waals surface area contributed by atoms with Gasteiger partial charge in [0.1, 0.15) is 0 Å². The van der Waals surface area contributed by atoms with Crippen molar-refractivity contribution in [1.29, 1.82) is 0 Å². The normalized spacial score (nSPS) is 16.8. The number of nitrogens with zero attached hydrogens (tertiary/aromatic N) is 3. The Balaban J connectivity index is 0.00000192. The zero-order valence-corrected chi connectivity index (χ0v) is 14.1. The molecule has 1 aromatic heterocycles. The molecule has 1 aliphatic rings. The summed E-state index contributed by atoms with van der Waals surface area (Å²) in [6, 6.07) is 9.87. The van der Waals surface area contributed by atoms with Crippen LogP contribution in [-0.2, 0) is 0 Å². The number of aromatic nitrogens is 2. The molecule has 0 spiro atoms. The lowest BCUT2D eigenvalue weighted by Gasteiger charge is -2.28. The highest BCUT2D eigenvalue weighted by molar-refractivity contribution is 5.94. The largest absolute Gasteiger partial charge is 0.334 e. The Bertz CT molecular complexity index is 606. The summed E-state index contributed by atoms with van der Waals surface area (Å²) in [4.78, 5) is 14.8. The van der Waals surface area contributed by atoms with Crippen molar-refractivity contribution in [1.82, 2.24) is 20.0 Å². The molecule has 0 radical (unpaired) electrons. The molecule has 23 heavy (non-hydrogen) atoms. The highest BCUT2D eigenvalue weighted by Gasteiger charge is 2.26. The number of carbonyl (C=O) groups is 1. The van der Waals surface area contributed by atoms with Gasteiger partial charge in [0.25, 0.3) is 5.91 Å². The van der Waals surface area contributed by atoms with E-state index in [1.807, 2.05) is 41.4 Å². The minimum absolute atomic E-state index is 0. The third-order valence-electron chi connectivity index (χ3n) is 4.08. The van der Waals surface area contributed by atoms with Gasteiger partial charge in [-0.2, -0.15) is 5.10 Å². The second kappa shape index (κ2) is 8.13. The molecule has 1 atom stereocenters. The molecule has 1 aliphatic heterocycles. The third kappa shape index (κ3) is 3.92.